The smallest absolute Gasteiger partial charge is 0.0550 e. The molecule has 0 amide bonds. The molecule has 0 atom stereocenters. The standard InChI is InChI=1S/C13H19ClO3/c1-2-17-8-7-13(9-15,10-16)11-3-5-12(14)6-4-11/h3-6,15-16H,2,7-10H2,1H3. The molecule has 0 heterocycles. The van der Waals surface area contributed by atoms with Crippen molar-refractivity contribution in [1.82, 2.24) is 0 Å². The minimum atomic E-state index is -0.653. The molecule has 0 aliphatic carbocycles. The molecule has 0 bridgehead atoms. The van der Waals surface area contributed by atoms with Crippen molar-refractivity contribution >= 4 is 11.6 Å². The van der Waals surface area contributed by atoms with Crippen LogP contribution in [0.5, 0.6) is 0 Å². The highest BCUT2D eigenvalue weighted by molar-refractivity contribution is 6.30. The van der Waals surface area contributed by atoms with Gasteiger partial charge < -0.3 is 14.9 Å². The summed E-state index contributed by atoms with van der Waals surface area (Å²) in [7, 11) is 0. The molecule has 96 valence electrons. The molecule has 4 heteroatoms. The topological polar surface area (TPSA) is 49.7 Å². The van der Waals surface area contributed by atoms with Gasteiger partial charge in [0.2, 0.25) is 0 Å². The van der Waals surface area contributed by atoms with E-state index in [1.165, 1.54) is 0 Å². The highest BCUT2D eigenvalue weighted by atomic mass is 35.5. The van der Waals surface area contributed by atoms with Crippen molar-refractivity contribution in [2.24, 2.45) is 0 Å². The maximum atomic E-state index is 9.55. The molecule has 0 fully saturated rings. The average molecular weight is 259 g/mol. The van der Waals surface area contributed by atoms with Gasteiger partial charge in [-0.3, -0.25) is 0 Å². The van der Waals surface area contributed by atoms with Gasteiger partial charge in [-0.25, -0.2) is 0 Å². The van der Waals surface area contributed by atoms with E-state index in [9.17, 15) is 10.2 Å². The summed E-state index contributed by atoms with van der Waals surface area (Å²) in [6.07, 6.45) is 0.579. The fourth-order valence-corrected chi connectivity index (χ4v) is 1.88. The molecule has 0 spiro atoms. The second-order valence-electron chi connectivity index (χ2n) is 4.05. The van der Waals surface area contributed by atoms with E-state index in [0.29, 0.717) is 24.7 Å². The zero-order chi connectivity index (χ0) is 12.7. The van der Waals surface area contributed by atoms with Gasteiger partial charge in [0, 0.05) is 23.7 Å². The van der Waals surface area contributed by atoms with E-state index in [1.807, 2.05) is 19.1 Å². The number of halogens is 1. The van der Waals surface area contributed by atoms with Crippen LogP contribution < -0.4 is 0 Å². The van der Waals surface area contributed by atoms with Gasteiger partial charge in [0.1, 0.15) is 0 Å². The van der Waals surface area contributed by atoms with Crippen LogP contribution in [0, 0.1) is 0 Å². The summed E-state index contributed by atoms with van der Waals surface area (Å²) in [5.74, 6) is 0. The Balaban J connectivity index is 2.85. The molecule has 2 N–H and O–H groups in total. The molecule has 0 aromatic heterocycles. The van der Waals surface area contributed by atoms with E-state index in [0.717, 1.165) is 5.56 Å². The fraction of sp³-hybridized carbons (Fsp3) is 0.538. The van der Waals surface area contributed by atoms with Crippen molar-refractivity contribution in [2.45, 2.75) is 18.8 Å². The average Bonchev–Trinajstić information content (AvgIpc) is 2.37. The summed E-state index contributed by atoms with van der Waals surface area (Å²) in [6, 6.07) is 7.19. The quantitative estimate of drug-likeness (QED) is 0.736. The highest BCUT2D eigenvalue weighted by Crippen LogP contribution is 2.28. The summed E-state index contributed by atoms with van der Waals surface area (Å²) >= 11 is 5.83. The lowest BCUT2D eigenvalue weighted by Gasteiger charge is -2.30. The van der Waals surface area contributed by atoms with Crippen molar-refractivity contribution in [3.05, 3.63) is 34.9 Å². The molecular weight excluding hydrogens is 240 g/mol. The van der Waals surface area contributed by atoms with E-state index in [-0.39, 0.29) is 13.2 Å². The predicted octanol–water partition coefficient (Wildman–Crippen LogP) is 1.99. The summed E-state index contributed by atoms with van der Waals surface area (Å²) in [4.78, 5) is 0. The molecule has 1 rings (SSSR count). The number of aliphatic hydroxyl groups excluding tert-OH is 2. The van der Waals surface area contributed by atoms with E-state index >= 15 is 0 Å². The van der Waals surface area contributed by atoms with Crippen LogP contribution in [0.15, 0.2) is 24.3 Å². The van der Waals surface area contributed by atoms with Gasteiger partial charge in [0.15, 0.2) is 0 Å². The molecule has 17 heavy (non-hydrogen) atoms. The van der Waals surface area contributed by atoms with Crippen molar-refractivity contribution in [3.8, 4) is 0 Å². The minimum Gasteiger partial charge on any atom is -0.395 e. The number of hydrogen-bond acceptors (Lipinski definition) is 3. The first-order valence-corrected chi connectivity index (χ1v) is 6.12. The second kappa shape index (κ2) is 6.97. The predicted molar refractivity (Wildman–Crippen MR) is 68.4 cm³/mol. The molecule has 0 saturated carbocycles. The van der Waals surface area contributed by atoms with E-state index in [2.05, 4.69) is 0 Å². The Morgan fingerprint density at radius 2 is 1.76 bits per heavy atom. The lowest BCUT2D eigenvalue weighted by atomic mass is 9.79. The van der Waals surface area contributed by atoms with Gasteiger partial charge in [0.05, 0.1) is 13.2 Å². The molecule has 0 aliphatic heterocycles. The van der Waals surface area contributed by atoms with Gasteiger partial charge in [-0.15, -0.1) is 0 Å². The first-order valence-electron chi connectivity index (χ1n) is 5.74. The lowest BCUT2D eigenvalue weighted by Crippen LogP contribution is -2.36. The number of benzene rings is 1. The fourth-order valence-electron chi connectivity index (χ4n) is 1.75. The van der Waals surface area contributed by atoms with Crippen LogP contribution in [0.1, 0.15) is 18.9 Å². The van der Waals surface area contributed by atoms with Gasteiger partial charge in [-0.2, -0.15) is 0 Å². The number of rotatable bonds is 7. The van der Waals surface area contributed by atoms with Crippen molar-refractivity contribution < 1.29 is 14.9 Å². The third-order valence-corrected chi connectivity index (χ3v) is 3.24. The van der Waals surface area contributed by atoms with Crippen LogP contribution in [0.2, 0.25) is 5.02 Å². The Kier molecular flexibility index (Phi) is 5.92. The van der Waals surface area contributed by atoms with Crippen LogP contribution in [0.3, 0.4) is 0 Å². The third-order valence-electron chi connectivity index (χ3n) is 2.99. The summed E-state index contributed by atoms with van der Waals surface area (Å²) in [6.45, 7) is 2.84. The van der Waals surface area contributed by atoms with Crippen molar-refractivity contribution in [1.29, 1.82) is 0 Å². The minimum absolute atomic E-state index is 0.113. The Hall–Kier alpha value is -0.610. The van der Waals surface area contributed by atoms with E-state index in [1.54, 1.807) is 12.1 Å². The van der Waals surface area contributed by atoms with Crippen LogP contribution in [0.25, 0.3) is 0 Å². The maximum Gasteiger partial charge on any atom is 0.0550 e. The molecule has 3 nitrogen and oxygen atoms in total. The molecule has 0 unspecified atom stereocenters. The van der Waals surface area contributed by atoms with E-state index in [4.69, 9.17) is 16.3 Å². The zero-order valence-electron chi connectivity index (χ0n) is 10.0. The van der Waals surface area contributed by atoms with Crippen LogP contribution >= 0.6 is 11.6 Å². The van der Waals surface area contributed by atoms with Crippen LogP contribution in [0.4, 0.5) is 0 Å². The Morgan fingerprint density at radius 3 is 2.24 bits per heavy atom. The normalized spacial score (nSPS) is 11.8. The highest BCUT2D eigenvalue weighted by Gasteiger charge is 2.30. The zero-order valence-corrected chi connectivity index (χ0v) is 10.8. The molecule has 0 saturated heterocycles. The van der Waals surface area contributed by atoms with Gasteiger partial charge in [-0.05, 0) is 31.0 Å². The van der Waals surface area contributed by atoms with E-state index < -0.39 is 5.41 Å². The largest absolute Gasteiger partial charge is 0.395 e. The monoisotopic (exact) mass is 258 g/mol. The first-order chi connectivity index (χ1) is 8.18. The van der Waals surface area contributed by atoms with Crippen LogP contribution in [-0.2, 0) is 10.2 Å². The molecule has 0 radical (unpaired) electrons. The number of ether oxygens (including phenoxy) is 1. The first kappa shape index (κ1) is 14.5. The summed E-state index contributed by atoms with van der Waals surface area (Å²) in [5.41, 5.74) is 0.228. The van der Waals surface area contributed by atoms with Gasteiger partial charge in [0.25, 0.3) is 0 Å². The van der Waals surface area contributed by atoms with Crippen molar-refractivity contribution in [2.75, 3.05) is 26.4 Å². The summed E-state index contributed by atoms with van der Waals surface area (Å²) in [5, 5.41) is 19.7. The summed E-state index contributed by atoms with van der Waals surface area (Å²) < 4.78 is 5.29. The Labute approximate surface area is 107 Å². The molecule has 1 aromatic rings. The number of aliphatic hydroxyl groups is 2. The third kappa shape index (κ3) is 3.68. The Morgan fingerprint density at radius 1 is 1.18 bits per heavy atom. The van der Waals surface area contributed by atoms with Gasteiger partial charge in [-0.1, -0.05) is 23.7 Å². The second-order valence-corrected chi connectivity index (χ2v) is 4.49. The maximum absolute atomic E-state index is 9.55. The Bertz CT molecular complexity index is 320. The number of hydrogen-bond donors (Lipinski definition) is 2. The lowest BCUT2D eigenvalue weighted by molar-refractivity contribution is 0.0667. The van der Waals surface area contributed by atoms with Gasteiger partial charge >= 0.3 is 0 Å². The molecule has 1 aromatic carbocycles. The van der Waals surface area contributed by atoms with Crippen molar-refractivity contribution in [3.63, 3.8) is 0 Å². The van der Waals surface area contributed by atoms with Crippen LogP contribution in [-0.4, -0.2) is 36.6 Å². The molecule has 0 aliphatic rings. The SMILES string of the molecule is CCOCCC(CO)(CO)c1ccc(Cl)cc1. The molecular formula is C13H19ClO3.